The van der Waals surface area contributed by atoms with Crippen molar-refractivity contribution in [1.29, 1.82) is 0 Å². The zero-order chi connectivity index (χ0) is 15.8. The molecule has 0 aliphatic heterocycles. The monoisotopic (exact) mass is 346 g/mol. The molecule has 1 saturated carbocycles. The summed E-state index contributed by atoms with van der Waals surface area (Å²) in [6.45, 7) is 4.21. The summed E-state index contributed by atoms with van der Waals surface area (Å²) in [5, 5.41) is 0.131. The van der Waals surface area contributed by atoms with E-state index in [0.717, 1.165) is 12.8 Å². The van der Waals surface area contributed by atoms with Gasteiger partial charge in [-0.15, -0.1) is 0 Å². The highest BCUT2D eigenvalue weighted by molar-refractivity contribution is 7.89. The van der Waals surface area contributed by atoms with Crippen molar-refractivity contribution in [1.82, 2.24) is 4.72 Å². The Morgan fingerprint density at radius 3 is 2.52 bits per heavy atom. The lowest BCUT2D eigenvalue weighted by Crippen LogP contribution is -2.37. The maximum absolute atomic E-state index is 12.5. The van der Waals surface area contributed by atoms with Gasteiger partial charge in [0, 0.05) is 11.6 Å². The van der Waals surface area contributed by atoms with Crippen LogP contribution < -0.4 is 10.5 Å². The average molecular weight is 347 g/mol. The predicted octanol–water partition coefficient (Wildman–Crippen LogP) is 2.69. The lowest BCUT2D eigenvalue weighted by atomic mass is 9.98. The predicted molar refractivity (Wildman–Crippen MR) is 89.0 cm³/mol. The van der Waals surface area contributed by atoms with Crippen molar-refractivity contribution < 1.29 is 8.42 Å². The summed E-state index contributed by atoms with van der Waals surface area (Å²) in [5.41, 5.74) is 6.07. The first-order valence-corrected chi connectivity index (χ1v) is 9.11. The molecule has 7 heteroatoms. The van der Waals surface area contributed by atoms with Gasteiger partial charge >= 0.3 is 0 Å². The lowest BCUT2D eigenvalue weighted by molar-refractivity contribution is 0.402. The number of benzene rings is 1. The second-order valence-electron chi connectivity index (χ2n) is 5.65. The van der Waals surface area contributed by atoms with E-state index in [4.69, 9.17) is 29.6 Å². The molecule has 0 radical (unpaired) electrons. The van der Waals surface area contributed by atoms with Crippen LogP contribution in [0.15, 0.2) is 23.1 Å². The molecular formula is C14H19ClN2O2S2. The fourth-order valence-electron chi connectivity index (χ4n) is 2.67. The zero-order valence-corrected chi connectivity index (χ0v) is 14.4. The minimum Gasteiger partial charge on any atom is -0.389 e. The Morgan fingerprint density at radius 1 is 1.38 bits per heavy atom. The number of hydrogen-bond acceptors (Lipinski definition) is 3. The highest BCUT2D eigenvalue weighted by Crippen LogP contribution is 2.32. The average Bonchev–Trinajstić information content (AvgIpc) is 2.69. The first-order valence-electron chi connectivity index (χ1n) is 6.84. The van der Waals surface area contributed by atoms with Crippen LogP contribution in [0.1, 0.15) is 32.3 Å². The largest absolute Gasteiger partial charge is 0.389 e. The van der Waals surface area contributed by atoms with Crippen molar-refractivity contribution in [2.24, 2.45) is 17.6 Å². The van der Waals surface area contributed by atoms with Gasteiger partial charge in [-0.3, -0.25) is 0 Å². The zero-order valence-electron chi connectivity index (χ0n) is 12.0. The van der Waals surface area contributed by atoms with Crippen LogP contribution >= 0.6 is 23.8 Å². The van der Waals surface area contributed by atoms with E-state index in [0.29, 0.717) is 17.4 Å². The van der Waals surface area contributed by atoms with E-state index in [9.17, 15) is 8.42 Å². The van der Waals surface area contributed by atoms with E-state index >= 15 is 0 Å². The molecule has 1 aliphatic rings. The molecule has 4 nitrogen and oxygen atoms in total. The first-order chi connectivity index (χ1) is 9.72. The van der Waals surface area contributed by atoms with E-state index in [1.54, 1.807) is 6.07 Å². The maximum atomic E-state index is 12.5. The summed E-state index contributed by atoms with van der Waals surface area (Å²) in [6.07, 6.45) is 1.88. The summed E-state index contributed by atoms with van der Waals surface area (Å²) in [5.74, 6) is 0.833. The summed E-state index contributed by atoms with van der Waals surface area (Å²) < 4.78 is 27.7. The molecule has 3 atom stereocenters. The molecule has 1 fully saturated rings. The summed E-state index contributed by atoms with van der Waals surface area (Å²) in [6, 6.07) is 4.46. The molecule has 1 aliphatic carbocycles. The standard InChI is InChI=1S/C14H19ClN2O2S2/c1-8-3-5-12(9(8)2)17-21(18,19)13-6-4-10(14(16)20)7-11(13)15/h4,6-9,12,17H,3,5H2,1-2H3,(H2,16,20). The van der Waals surface area contributed by atoms with Crippen molar-refractivity contribution >= 4 is 38.8 Å². The molecule has 0 aromatic heterocycles. The van der Waals surface area contributed by atoms with E-state index in [-0.39, 0.29) is 20.9 Å². The van der Waals surface area contributed by atoms with Gasteiger partial charge in [-0.05, 0) is 36.8 Å². The van der Waals surface area contributed by atoms with Crippen LogP contribution in [0.25, 0.3) is 0 Å². The van der Waals surface area contributed by atoms with Crippen LogP contribution in [0.2, 0.25) is 5.02 Å². The number of nitrogens with one attached hydrogen (secondary N) is 1. The molecule has 3 unspecified atom stereocenters. The molecular weight excluding hydrogens is 328 g/mol. The van der Waals surface area contributed by atoms with Gasteiger partial charge in [0.2, 0.25) is 10.0 Å². The van der Waals surface area contributed by atoms with E-state index in [1.807, 2.05) is 0 Å². The Balaban J connectivity index is 2.26. The number of sulfonamides is 1. The highest BCUT2D eigenvalue weighted by Gasteiger charge is 2.33. The Bertz CT molecular complexity index is 661. The quantitative estimate of drug-likeness (QED) is 0.822. The number of thiocarbonyl (C=S) groups is 1. The van der Waals surface area contributed by atoms with Gasteiger partial charge in [0.25, 0.3) is 0 Å². The van der Waals surface area contributed by atoms with Crippen molar-refractivity contribution in [3.05, 3.63) is 28.8 Å². The normalized spacial score (nSPS) is 26.0. The van der Waals surface area contributed by atoms with E-state index in [2.05, 4.69) is 18.6 Å². The third-order valence-corrected chi connectivity index (χ3v) is 6.49. The molecule has 0 amide bonds. The fraction of sp³-hybridized carbons (Fsp3) is 0.500. The molecule has 2 rings (SSSR count). The Hall–Kier alpha value is -0.690. The van der Waals surface area contributed by atoms with Gasteiger partial charge in [0.15, 0.2) is 0 Å². The minimum absolute atomic E-state index is 0.0451. The third kappa shape index (κ3) is 3.56. The van der Waals surface area contributed by atoms with Gasteiger partial charge in [0.1, 0.15) is 9.88 Å². The van der Waals surface area contributed by atoms with Crippen LogP contribution in [-0.2, 0) is 10.0 Å². The molecule has 1 aromatic rings. The van der Waals surface area contributed by atoms with Gasteiger partial charge in [0.05, 0.1) is 5.02 Å². The van der Waals surface area contributed by atoms with Crippen LogP contribution in [0.4, 0.5) is 0 Å². The first kappa shape index (κ1) is 16.7. The van der Waals surface area contributed by atoms with E-state index in [1.165, 1.54) is 12.1 Å². The van der Waals surface area contributed by atoms with Gasteiger partial charge in [-0.2, -0.15) is 0 Å². The molecule has 0 spiro atoms. The smallest absolute Gasteiger partial charge is 0.242 e. The Morgan fingerprint density at radius 2 is 2.05 bits per heavy atom. The van der Waals surface area contributed by atoms with Crippen LogP contribution in [0.3, 0.4) is 0 Å². The molecule has 1 aromatic carbocycles. The van der Waals surface area contributed by atoms with Crippen molar-refractivity contribution in [2.45, 2.75) is 37.6 Å². The topological polar surface area (TPSA) is 72.2 Å². The lowest BCUT2D eigenvalue weighted by Gasteiger charge is -2.20. The number of hydrogen-bond donors (Lipinski definition) is 2. The highest BCUT2D eigenvalue weighted by atomic mass is 35.5. The molecule has 0 heterocycles. The SMILES string of the molecule is CC1CCC(NS(=O)(=O)c2ccc(C(N)=S)cc2Cl)C1C. The second-order valence-corrected chi connectivity index (χ2v) is 8.18. The van der Waals surface area contributed by atoms with Crippen LogP contribution in [0, 0.1) is 11.8 Å². The number of rotatable bonds is 4. The Kier molecular flexibility index (Phi) is 4.92. The summed E-state index contributed by atoms with van der Waals surface area (Å²) >= 11 is 10.9. The van der Waals surface area contributed by atoms with Gasteiger partial charge in [-0.1, -0.05) is 43.7 Å². The molecule has 0 saturated heterocycles. The van der Waals surface area contributed by atoms with Crippen molar-refractivity contribution in [3.63, 3.8) is 0 Å². The van der Waals surface area contributed by atoms with E-state index < -0.39 is 10.0 Å². The summed E-state index contributed by atoms with van der Waals surface area (Å²) in [7, 11) is -3.64. The van der Waals surface area contributed by atoms with Crippen molar-refractivity contribution in [3.8, 4) is 0 Å². The van der Waals surface area contributed by atoms with Crippen LogP contribution in [-0.4, -0.2) is 19.4 Å². The third-order valence-electron chi connectivity index (χ3n) is 4.28. The molecule has 3 N–H and O–H groups in total. The minimum atomic E-state index is -3.64. The fourth-order valence-corrected chi connectivity index (χ4v) is 4.70. The molecule has 116 valence electrons. The van der Waals surface area contributed by atoms with Crippen LogP contribution in [0.5, 0.6) is 0 Å². The second kappa shape index (κ2) is 6.20. The van der Waals surface area contributed by atoms with Gasteiger partial charge in [-0.25, -0.2) is 13.1 Å². The molecule has 0 bridgehead atoms. The number of halogens is 1. The maximum Gasteiger partial charge on any atom is 0.242 e. The summed E-state index contributed by atoms with van der Waals surface area (Å²) in [4.78, 5) is 0.253. The Labute approximate surface area is 136 Å². The van der Waals surface area contributed by atoms with Gasteiger partial charge < -0.3 is 5.73 Å². The molecule has 21 heavy (non-hydrogen) atoms. The van der Waals surface area contributed by atoms with Crippen molar-refractivity contribution in [2.75, 3.05) is 0 Å². The number of nitrogens with two attached hydrogens (primary N) is 1.